The van der Waals surface area contributed by atoms with Gasteiger partial charge in [-0.2, -0.15) is 0 Å². The number of benzene rings is 1. The fourth-order valence-corrected chi connectivity index (χ4v) is 4.27. The van der Waals surface area contributed by atoms with Crippen LogP contribution in [0.4, 0.5) is 11.4 Å². The van der Waals surface area contributed by atoms with Crippen molar-refractivity contribution >= 4 is 33.9 Å². The highest BCUT2D eigenvalue weighted by atomic mass is 35.5. The zero-order valence-corrected chi connectivity index (χ0v) is 15.9. The molecular weight excluding hydrogens is 360 g/mol. The zero-order chi connectivity index (χ0) is 19.1. The Morgan fingerprint density at radius 2 is 2.11 bits per heavy atom. The smallest absolute Gasteiger partial charge is 0.190 e. The minimum Gasteiger partial charge on any atom is -0.396 e. The Morgan fingerprint density at radius 3 is 2.85 bits per heavy atom. The molecule has 0 amide bonds. The van der Waals surface area contributed by atoms with Crippen LogP contribution < -0.4 is 5.73 Å². The minimum atomic E-state index is -0.272. The highest BCUT2D eigenvalue weighted by molar-refractivity contribution is 6.36. The van der Waals surface area contributed by atoms with E-state index >= 15 is 0 Å². The lowest BCUT2D eigenvalue weighted by Gasteiger charge is -2.28. The van der Waals surface area contributed by atoms with Crippen molar-refractivity contribution in [1.29, 1.82) is 0 Å². The molecule has 0 aliphatic heterocycles. The summed E-state index contributed by atoms with van der Waals surface area (Å²) in [5.74, 6) is 0. The largest absolute Gasteiger partial charge is 0.396 e. The fourth-order valence-electron chi connectivity index (χ4n) is 4.07. The molecule has 0 saturated heterocycles. The van der Waals surface area contributed by atoms with Gasteiger partial charge < -0.3 is 15.4 Å². The van der Waals surface area contributed by atoms with Gasteiger partial charge in [-0.1, -0.05) is 11.6 Å². The average Bonchev–Trinajstić information content (AvgIpc) is 3.01. The van der Waals surface area contributed by atoms with E-state index in [1.54, 1.807) is 6.20 Å². The second-order valence-corrected chi connectivity index (χ2v) is 7.66. The quantitative estimate of drug-likeness (QED) is 0.595. The van der Waals surface area contributed by atoms with E-state index in [1.807, 2.05) is 13.0 Å². The van der Waals surface area contributed by atoms with Crippen molar-refractivity contribution in [3.05, 3.63) is 52.7 Å². The first-order valence-electron chi connectivity index (χ1n) is 9.09. The molecule has 1 aliphatic carbocycles. The number of pyridine rings is 1. The molecule has 2 atom stereocenters. The van der Waals surface area contributed by atoms with Crippen LogP contribution in [0.3, 0.4) is 0 Å². The number of halogens is 1. The van der Waals surface area contributed by atoms with Crippen LogP contribution in [-0.2, 0) is 0 Å². The summed E-state index contributed by atoms with van der Waals surface area (Å²) in [6.07, 6.45) is 8.66. The molecule has 1 aliphatic rings. The summed E-state index contributed by atoms with van der Waals surface area (Å²) in [6.45, 7) is 9.42. The molecule has 2 heterocycles. The lowest BCUT2D eigenvalue weighted by Crippen LogP contribution is -2.21. The summed E-state index contributed by atoms with van der Waals surface area (Å²) in [6, 6.07) is 4.19. The van der Waals surface area contributed by atoms with E-state index in [1.165, 1.54) is 6.20 Å². The zero-order valence-electron chi connectivity index (χ0n) is 15.1. The monoisotopic (exact) mass is 380 g/mol. The second-order valence-electron chi connectivity index (χ2n) is 7.28. The molecule has 3 N–H and O–H groups in total. The summed E-state index contributed by atoms with van der Waals surface area (Å²) in [5, 5.41) is 11.6. The lowest BCUT2D eigenvalue weighted by atomic mass is 9.93. The Hall–Kier alpha value is -2.55. The first-order chi connectivity index (χ1) is 13.0. The third-order valence-electron chi connectivity index (χ3n) is 5.48. The van der Waals surface area contributed by atoms with E-state index in [2.05, 4.69) is 26.7 Å². The molecular formula is C21H21ClN4O. The van der Waals surface area contributed by atoms with E-state index in [9.17, 15) is 5.11 Å². The normalized spacial score (nSPS) is 19.9. The van der Waals surface area contributed by atoms with Gasteiger partial charge in [0.1, 0.15) is 0 Å². The summed E-state index contributed by atoms with van der Waals surface area (Å²) < 4.78 is 2.23. The molecule has 4 rings (SSSR count). The van der Waals surface area contributed by atoms with Crippen molar-refractivity contribution in [2.75, 3.05) is 5.73 Å². The fraction of sp³-hybridized carbons (Fsp3) is 0.333. The van der Waals surface area contributed by atoms with Gasteiger partial charge >= 0.3 is 0 Å². The topological polar surface area (TPSA) is 68.4 Å². The van der Waals surface area contributed by atoms with Crippen molar-refractivity contribution in [3.63, 3.8) is 0 Å². The number of hydrogen-bond acceptors (Lipinski definition) is 3. The number of rotatable bonds is 2. The van der Waals surface area contributed by atoms with Gasteiger partial charge in [-0.15, -0.1) is 0 Å². The van der Waals surface area contributed by atoms with Crippen LogP contribution >= 0.6 is 11.6 Å². The summed E-state index contributed by atoms with van der Waals surface area (Å²) >= 11 is 6.48. The number of nitrogens with two attached hydrogens (primary N) is 1. The molecule has 0 unspecified atom stereocenters. The van der Waals surface area contributed by atoms with Crippen LogP contribution in [0.2, 0.25) is 5.02 Å². The van der Waals surface area contributed by atoms with Gasteiger partial charge in [-0.05, 0) is 55.7 Å². The molecule has 0 bridgehead atoms. The highest BCUT2D eigenvalue weighted by Gasteiger charge is 2.25. The number of aliphatic hydroxyl groups is 1. The molecule has 1 fully saturated rings. The lowest BCUT2D eigenvalue weighted by molar-refractivity contribution is 0.105. The van der Waals surface area contributed by atoms with Gasteiger partial charge in [0.05, 0.1) is 29.6 Å². The van der Waals surface area contributed by atoms with Gasteiger partial charge in [-0.3, -0.25) is 4.98 Å². The Morgan fingerprint density at radius 1 is 1.30 bits per heavy atom. The predicted molar refractivity (Wildman–Crippen MR) is 109 cm³/mol. The van der Waals surface area contributed by atoms with Crippen molar-refractivity contribution < 1.29 is 5.11 Å². The number of anilines is 1. The van der Waals surface area contributed by atoms with Crippen molar-refractivity contribution in [3.8, 4) is 11.1 Å². The second kappa shape index (κ2) is 6.88. The standard InChI is InChI=1S/C21H21ClN4O/c1-12-6-20-15(8-19(12)24-2)17(16-9-25-10-18(23)21(16)22)11-26(20)13-4-3-5-14(27)7-13/h6,8-11,13-14,27H,3-5,7,23H2,1H3/t13-,14+/m1/s1. The molecule has 6 heteroatoms. The summed E-state index contributed by atoms with van der Waals surface area (Å²) in [7, 11) is 0. The Bertz CT molecular complexity index is 1070. The SMILES string of the molecule is [C-]#[N+]c1cc2c(-c3cncc(N)c3Cl)cn([C@@H]3CCC[C@H](O)C3)c2cc1C. The van der Waals surface area contributed by atoms with Crippen LogP contribution in [0.1, 0.15) is 37.3 Å². The molecule has 138 valence electrons. The molecule has 2 aromatic heterocycles. The van der Waals surface area contributed by atoms with E-state index in [4.69, 9.17) is 23.9 Å². The van der Waals surface area contributed by atoms with Crippen LogP contribution in [0.15, 0.2) is 30.7 Å². The molecule has 0 spiro atoms. The third-order valence-corrected chi connectivity index (χ3v) is 5.90. The van der Waals surface area contributed by atoms with E-state index in [0.717, 1.165) is 53.3 Å². The number of fused-ring (bicyclic) bond motifs is 1. The van der Waals surface area contributed by atoms with Crippen LogP contribution in [0, 0.1) is 13.5 Å². The highest BCUT2D eigenvalue weighted by Crippen LogP contribution is 2.42. The number of aromatic nitrogens is 2. The first kappa shape index (κ1) is 17.8. The van der Waals surface area contributed by atoms with Gasteiger partial charge in [0.2, 0.25) is 0 Å². The number of hydrogen-bond donors (Lipinski definition) is 2. The van der Waals surface area contributed by atoms with E-state index in [0.29, 0.717) is 16.4 Å². The Kier molecular flexibility index (Phi) is 4.55. The Balaban J connectivity index is 1.98. The van der Waals surface area contributed by atoms with Crippen LogP contribution in [-0.4, -0.2) is 20.8 Å². The van der Waals surface area contributed by atoms with Gasteiger partial charge in [-0.25, -0.2) is 4.85 Å². The molecule has 3 aromatic rings. The first-order valence-corrected chi connectivity index (χ1v) is 9.47. The minimum absolute atomic E-state index is 0.219. The van der Waals surface area contributed by atoms with Crippen molar-refractivity contribution in [2.24, 2.45) is 0 Å². The number of aryl methyl sites for hydroxylation is 1. The van der Waals surface area contributed by atoms with Crippen LogP contribution in [0.5, 0.6) is 0 Å². The van der Waals surface area contributed by atoms with Gasteiger partial charge in [0.15, 0.2) is 5.69 Å². The number of aliphatic hydroxyl groups excluding tert-OH is 1. The van der Waals surface area contributed by atoms with Gasteiger partial charge in [0.25, 0.3) is 0 Å². The Labute approximate surface area is 163 Å². The van der Waals surface area contributed by atoms with Crippen LogP contribution in [0.25, 0.3) is 26.9 Å². The maximum atomic E-state index is 10.2. The number of nitrogens with zero attached hydrogens (tertiary/aromatic N) is 3. The maximum absolute atomic E-state index is 10.2. The molecule has 0 radical (unpaired) electrons. The van der Waals surface area contributed by atoms with Crippen molar-refractivity contribution in [2.45, 2.75) is 44.8 Å². The van der Waals surface area contributed by atoms with Gasteiger partial charge in [0, 0.05) is 35.1 Å². The molecule has 1 aromatic carbocycles. The average molecular weight is 381 g/mol. The molecule has 1 saturated carbocycles. The molecule has 5 nitrogen and oxygen atoms in total. The van der Waals surface area contributed by atoms with E-state index in [-0.39, 0.29) is 12.1 Å². The third kappa shape index (κ3) is 3.05. The number of nitrogen functional groups attached to an aromatic ring is 1. The molecule has 27 heavy (non-hydrogen) atoms. The summed E-state index contributed by atoms with van der Waals surface area (Å²) in [5.41, 5.74) is 10.7. The van der Waals surface area contributed by atoms with Crippen molar-refractivity contribution in [1.82, 2.24) is 9.55 Å². The van der Waals surface area contributed by atoms with E-state index < -0.39 is 0 Å². The summed E-state index contributed by atoms with van der Waals surface area (Å²) in [4.78, 5) is 7.86. The predicted octanol–water partition coefficient (Wildman–Crippen LogP) is 5.27. The maximum Gasteiger partial charge on any atom is 0.190 e.